The Morgan fingerprint density at radius 1 is 1.17 bits per heavy atom. The summed E-state index contributed by atoms with van der Waals surface area (Å²) >= 11 is 0. The summed E-state index contributed by atoms with van der Waals surface area (Å²) in [5, 5.41) is 0. The average molecular weight is 303 g/mol. The van der Waals surface area contributed by atoms with Crippen molar-refractivity contribution in [2.24, 2.45) is 0 Å². The molecule has 0 fully saturated rings. The third kappa shape index (κ3) is 3.06. The van der Waals surface area contributed by atoms with Gasteiger partial charge in [-0.15, -0.1) is 0 Å². The van der Waals surface area contributed by atoms with Gasteiger partial charge in [-0.2, -0.15) is 30.7 Å². The molecule has 0 rings (SSSR count). The van der Waals surface area contributed by atoms with Gasteiger partial charge in [-0.3, -0.25) is 9.52 Å². The van der Waals surface area contributed by atoms with Crippen LogP contribution in [0.3, 0.4) is 0 Å². The van der Waals surface area contributed by atoms with Gasteiger partial charge >= 0.3 is 23.9 Å². The van der Waals surface area contributed by atoms with Crippen LogP contribution < -0.4 is 4.72 Å². The summed E-state index contributed by atoms with van der Waals surface area (Å²) in [5.41, 5.74) is 0. The van der Waals surface area contributed by atoms with Gasteiger partial charge in [0.05, 0.1) is 0 Å². The molecule has 0 aromatic rings. The molecule has 0 bridgehead atoms. The Morgan fingerprint density at radius 2 is 1.56 bits per heavy atom. The zero-order chi connectivity index (χ0) is 15.0. The van der Waals surface area contributed by atoms with Gasteiger partial charge in [-0.1, -0.05) is 6.92 Å². The molecule has 11 heteroatoms. The summed E-state index contributed by atoms with van der Waals surface area (Å²) in [6, 6.07) is 0. The van der Waals surface area contributed by atoms with Crippen LogP contribution in [0.5, 0.6) is 0 Å². The molecule has 1 atom stereocenters. The van der Waals surface area contributed by atoms with E-state index in [-0.39, 0.29) is 0 Å². The van der Waals surface area contributed by atoms with E-state index in [2.05, 4.69) is 5.87 Å². The van der Waals surface area contributed by atoms with E-state index in [4.69, 9.17) is 0 Å². The first-order valence-corrected chi connectivity index (χ1v) is 6.08. The molecule has 0 saturated carbocycles. The topological polar surface area (TPSA) is 46.2 Å². The lowest BCUT2D eigenvalue weighted by Gasteiger charge is -2.27. The highest BCUT2D eigenvalue weighted by atomic mass is 32.2. The molecule has 108 valence electrons. The van der Waals surface area contributed by atoms with Gasteiger partial charge in [0.25, 0.3) is 0 Å². The molecule has 0 aromatic heterocycles. The van der Waals surface area contributed by atoms with Crippen LogP contribution in [-0.2, 0) is 14.5 Å². The number of hydrogen-bond donors (Lipinski definition) is 1. The van der Waals surface area contributed by atoms with Crippen LogP contribution in [0.2, 0.25) is 0 Å². The Bertz CT molecular complexity index is 426. The molecule has 0 aromatic carbocycles. The van der Waals surface area contributed by atoms with E-state index in [0.717, 1.165) is 11.6 Å². The van der Waals surface area contributed by atoms with E-state index in [1.165, 1.54) is 0 Å². The Labute approximate surface area is 97.5 Å². The van der Waals surface area contributed by atoms with Crippen molar-refractivity contribution in [1.29, 1.82) is 0 Å². The average Bonchev–Trinajstić information content (AvgIpc) is 2.15. The second kappa shape index (κ2) is 4.59. The van der Waals surface area contributed by atoms with Crippen molar-refractivity contribution in [2.75, 3.05) is 5.75 Å². The van der Waals surface area contributed by atoms with Crippen molar-refractivity contribution in [1.82, 2.24) is 4.72 Å². The number of carbonyl (C=O) groups is 1. The monoisotopic (exact) mass is 303 g/mol. The molecule has 1 unspecified atom stereocenters. The maximum Gasteiger partial charge on any atom is 0.460 e. The fourth-order valence-electron chi connectivity index (χ4n) is 0.626. The van der Waals surface area contributed by atoms with E-state index < -0.39 is 39.4 Å². The largest absolute Gasteiger partial charge is 0.460 e. The van der Waals surface area contributed by atoms with Gasteiger partial charge in [0, 0.05) is 15.5 Å². The first-order chi connectivity index (χ1) is 7.69. The van der Waals surface area contributed by atoms with Crippen molar-refractivity contribution >= 4 is 21.5 Å². The molecule has 1 amide bonds. The summed E-state index contributed by atoms with van der Waals surface area (Å²) in [6.07, 6.45) is -6.62. The van der Waals surface area contributed by atoms with Crippen LogP contribution in [0.4, 0.5) is 30.7 Å². The van der Waals surface area contributed by atoms with Crippen LogP contribution in [0.1, 0.15) is 6.92 Å². The van der Waals surface area contributed by atoms with Crippen LogP contribution >= 0.6 is 0 Å². The number of rotatable bonds is 4. The van der Waals surface area contributed by atoms with Crippen molar-refractivity contribution in [3.05, 3.63) is 0 Å². The third-order valence-electron chi connectivity index (χ3n) is 1.78. The molecule has 0 aliphatic rings. The fraction of sp³-hybridized carbons (Fsp3) is 0.714. The van der Waals surface area contributed by atoms with Crippen LogP contribution in [0.15, 0.2) is 0 Å². The number of nitrogens with one attached hydrogen (secondary N) is 1. The molecule has 1 N–H and O–H groups in total. The van der Waals surface area contributed by atoms with Gasteiger partial charge in [-0.05, 0) is 5.87 Å². The van der Waals surface area contributed by atoms with Gasteiger partial charge in [0.2, 0.25) is 0 Å². The molecular weight excluding hydrogens is 295 g/mol. The summed E-state index contributed by atoms with van der Waals surface area (Å²) in [7, 11) is -3.69. The minimum absolute atomic E-state index is 0.508. The zero-order valence-corrected chi connectivity index (χ0v) is 9.60. The smallest absolute Gasteiger partial charge is 0.278 e. The molecule has 0 aliphatic heterocycles. The second-order valence-corrected chi connectivity index (χ2v) is 5.58. The molecule has 0 spiro atoms. The van der Waals surface area contributed by atoms with Crippen molar-refractivity contribution < 1.29 is 39.7 Å². The number of halogens is 7. The standard InChI is InChI=1S/C7H8F7NO2S/c1-3-18(2,17)15-4(16)5(8,9)6(10,11)7(12,13)14/h2-3H2,1H3,(H,15,16,17). The first kappa shape index (κ1) is 17.0. The number of alkyl halides is 7. The van der Waals surface area contributed by atoms with E-state index in [0.29, 0.717) is 0 Å². The maximum atomic E-state index is 12.7. The van der Waals surface area contributed by atoms with E-state index in [1.54, 1.807) is 0 Å². The van der Waals surface area contributed by atoms with Crippen LogP contribution in [0, 0.1) is 0 Å². The Morgan fingerprint density at radius 3 is 1.83 bits per heavy atom. The summed E-state index contributed by atoms with van der Waals surface area (Å²) in [5.74, 6) is -13.4. The Hall–Kier alpha value is -1.00. The third-order valence-corrected chi connectivity index (χ3v) is 3.27. The van der Waals surface area contributed by atoms with E-state index in [9.17, 15) is 39.7 Å². The first-order valence-electron chi connectivity index (χ1n) is 4.18. The molecule has 0 heterocycles. The summed E-state index contributed by atoms with van der Waals surface area (Å²) in [6.45, 7) is 1.11. The molecule has 0 aliphatic carbocycles. The van der Waals surface area contributed by atoms with Crippen LogP contribution in [0.25, 0.3) is 0 Å². The lowest BCUT2D eigenvalue weighted by molar-refractivity contribution is -0.343. The van der Waals surface area contributed by atoms with Crippen molar-refractivity contribution in [3.8, 4) is 0 Å². The highest BCUT2D eigenvalue weighted by Gasteiger charge is 2.76. The minimum atomic E-state index is -6.62. The van der Waals surface area contributed by atoms with Gasteiger partial charge in [-0.25, -0.2) is 4.21 Å². The molecular formula is C7H8F7NO2S. The lowest BCUT2D eigenvalue weighted by Crippen LogP contribution is -2.60. The molecule has 3 nitrogen and oxygen atoms in total. The predicted octanol–water partition coefficient (Wildman–Crippen LogP) is 1.59. The number of amides is 1. The lowest BCUT2D eigenvalue weighted by atomic mass is 10.1. The summed E-state index contributed by atoms with van der Waals surface area (Å²) in [4.78, 5) is 10.7. The SMILES string of the molecule is C=S(=O)(CC)NC(=O)C(F)(F)C(F)(F)C(F)(F)F. The maximum absolute atomic E-state index is 12.7. The normalized spacial score (nSPS) is 17.1. The number of hydrogen-bond acceptors (Lipinski definition) is 2. The molecule has 18 heavy (non-hydrogen) atoms. The van der Waals surface area contributed by atoms with Crippen LogP contribution in [-0.4, -0.2) is 39.8 Å². The zero-order valence-electron chi connectivity index (χ0n) is 8.78. The Balaban J connectivity index is 5.36. The van der Waals surface area contributed by atoms with E-state index in [1.807, 2.05) is 0 Å². The van der Waals surface area contributed by atoms with Crippen molar-refractivity contribution in [3.63, 3.8) is 0 Å². The quantitative estimate of drug-likeness (QED) is 0.633. The Kier molecular flexibility index (Phi) is 4.34. The second-order valence-electron chi connectivity index (χ2n) is 3.18. The van der Waals surface area contributed by atoms with Crippen molar-refractivity contribution in [2.45, 2.75) is 24.9 Å². The molecule has 0 saturated heterocycles. The van der Waals surface area contributed by atoms with E-state index >= 15 is 0 Å². The highest BCUT2D eigenvalue weighted by Crippen LogP contribution is 2.46. The highest BCUT2D eigenvalue weighted by molar-refractivity contribution is 7.98. The fourth-order valence-corrected chi connectivity index (χ4v) is 1.24. The summed E-state index contributed by atoms with van der Waals surface area (Å²) < 4.78 is 97.3. The van der Waals surface area contributed by atoms with Gasteiger partial charge in [0.15, 0.2) is 0 Å². The molecule has 0 radical (unpaired) electrons. The van der Waals surface area contributed by atoms with Gasteiger partial charge in [0.1, 0.15) is 0 Å². The van der Waals surface area contributed by atoms with Gasteiger partial charge < -0.3 is 0 Å². The predicted molar refractivity (Wildman–Crippen MR) is 49.9 cm³/mol. The number of carbonyl (C=O) groups excluding carboxylic acids is 1. The minimum Gasteiger partial charge on any atom is -0.278 e.